The highest BCUT2D eigenvalue weighted by molar-refractivity contribution is 5.78. The molecule has 8 heteroatoms. The fourth-order valence-electron chi connectivity index (χ4n) is 1.86. The zero-order valence-corrected chi connectivity index (χ0v) is 10.4. The molecule has 0 saturated heterocycles. The summed E-state index contributed by atoms with van der Waals surface area (Å²) in [6.07, 6.45) is -5.55. The highest BCUT2D eigenvalue weighted by Crippen LogP contribution is 2.30. The molecule has 0 aliphatic carbocycles. The molecule has 0 amide bonds. The fourth-order valence-corrected chi connectivity index (χ4v) is 1.86. The first-order valence-corrected chi connectivity index (χ1v) is 5.72. The Balaban J connectivity index is 2.75. The lowest BCUT2D eigenvalue weighted by atomic mass is 10.1. The monoisotopic (exact) mass is 288 g/mol. The third kappa shape index (κ3) is 2.60. The first kappa shape index (κ1) is 14.3. The molecule has 20 heavy (non-hydrogen) atoms. The van der Waals surface area contributed by atoms with Crippen LogP contribution in [0.3, 0.4) is 0 Å². The van der Waals surface area contributed by atoms with Crippen molar-refractivity contribution in [3.63, 3.8) is 0 Å². The lowest BCUT2D eigenvalue weighted by molar-refractivity contribution is -0.137. The van der Waals surface area contributed by atoms with E-state index in [1.54, 1.807) is 0 Å². The zero-order chi connectivity index (χ0) is 15.1. The molecule has 1 atom stereocenters. The van der Waals surface area contributed by atoms with Gasteiger partial charge in [-0.15, -0.1) is 0 Å². The van der Waals surface area contributed by atoms with Crippen LogP contribution in [0.5, 0.6) is 0 Å². The second-order valence-corrected chi connectivity index (χ2v) is 4.45. The highest BCUT2D eigenvalue weighted by Gasteiger charge is 2.30. The maximum Gasteiger partial charge on any atom is 0.416 e. The summed E-state index contributed by atoms with van der Waals surface area (Å²) < 4.78 is 38.5. The zero-order valence-electron chi connectivity index (χ0n) is 10.4. The van der Waals surface area contributed by atoms with Crippen LogP contribution in [0.2, 0.25) is 0 Å². The normalized spacial score (nSPS) is 13.7. The predicted octanol–water partition coefficient (Wildman–Crippen LogP) is 1.09. The minimum atomic E-state index is -4.58. The number of aliphatic hydroxyl groups is 1. The molecule has 2 rings (SSSR count). The third-order valence-corrected chi connectivity index (χ3v) is 2.76. The van der Waals surface area contributed by atoms with Crippen molar-refractivity contribution in [2.75, 3.05) is 0 Å². The van der Waals surface area contributed by atoms with Crippen LogP contribution in [-0.2, 0) is 12.7 Å². The Kier molecular flexibility index (Phi) is 3.43. The summed E-state index contributed by atoms with van der Waals surface area (Å²) in [6.45, 7) is 1.07. The van der Waals surface area contributed by atoms with E-state index in [0.29, 0.717) is 10.6 Å². The van der Waals surface area contributed by atoms with Crippen molar-refractivity contribution in [2.45, 2.75) is 25.7 Å². The van der Waals surface area contributed by atoms with E-state index >= 15 is 0 Å². The average Bonchev–Trinajstić information content (AvgIpc) is 2.32. The lowest BCUT2D eigenvalue weighted by Crippen LogP contribution is -2.37. The van der Waals surface area contributed by atoms with Gasteiger partial charge in [0.25, 0.3) is 5.56 Å². The van der Waals surface area contributed by atoms with E-state index in [9.17, 15) is 27.9 Å². The van der Waals surface area contributed by atoms with Gasteiger partial charge in [-0.2, -0.15) is 13.2 Å². The van der Waals surface area contributed by atoms with Crippen LogP contribution in [0.1, 0.15) is 12.5 Å². The Bertz CT molecular complexity index is 759. The van der Waals surface area contributed by atoms with E-state index in [0.717, 1.165) is 12.1 Å². The third-order valence-electron chi connectivity index (χ3n) is 2.76. The number of fused-ring (bicyclic) bond motifs is 1. The summed E-state index contributed by atoms with van der Waals surface area (Å²) in [6, 6.07) is 2.51. The van der Waals surface area contributed by atoms with E-state index in [1.807, 2.05) is 0 Å². The van der Waals surface area contributed by atoms with Crippen molar-refractivity contribution < 1.29 is 18.3 Å². The Morgan fingerprint density at radius 1 is 1.35 bits per heavy atom. The fraction of sp³-hybridized carbons (Fsp3) is 0.333. The van der Waals surface area contributed by atoms with Gasteiger partial charge in [0.2, 0.25) is 0 Å². The van der Waals surface area contributed by atoms with E-state index in [2.05, 4.69) is 4.98 Å². The molecular weight excluding hydrogens is 277 g/mol. The molecule has 1 aromatic heterocycles. The van der Waals surface area contributed by atoms with Gasteiger partial charge in [-0.1, -0.05) is 0 Å². The molecule has 1 unspecified atom stereocenters. The van der Waals surface area contributed by atoms with Crippen molar-refractivity contribution in [3.8, 4) is 0 Å². The van der Waals surface area contributed by atoms with Gasteiger partial charge in [-0.05, 0) is 25.1 Å². The van der Waals surface area contributed by atoms with Crippen molar-refractivity contribution in [3.05, 3.63) is 44.6 Å². The van der Waals surface area contributed by atoms with Gasteiger partial charge < -0.3 is 10.1 Å². The molecule has 108 valence electrons. The van der Waals surface area contributed by atoms with Crippen LogP contribution in [0.15, 0.2) is 27.8 Å². The largest absolute Gasteiger partial charge is 0.416 e. The number of aromatic amines is 1. The number of halogens is 3. The number of hydrogen-bond donors (Lipinski definition) is 2. The van der Waals surface area contributed by atoms with E-state index < -0.39 is 29.1 Å². The van der Waals surface area contributed by atoms with Gasteiger partial charge >= 0.3 is 11.9 Å². The molecule has 0 spiro atoms. The van der Waals surface area contributed by atoms with Gasteiger partial charge in [0.05, 0.1) is 29.1 Å². The van der Waals surface area contributed by atoms with Gasteiger partial charge in [0.15, 0.2) is 0 Å². The molecule has 0 bridgehead atoms. The minimum Gasteiger partial charge on any atom is -0.392 e. The van der Waals surface area contributed by atoms with E-state index in [-0.39, 0.29) is 17.4 Å². The van der Waals surface area contributed by atoms with Crippen LogP contribution in [0.4, 0.5) is 13.2 Å². The van der Waals surface area contributed by atoms with Crippen LogP contribution >= 0.6 is 0 Å². The standard InChI is InChI=1S/C12H11F3N2O3/c1-6(18)5-17-10(19)8-4-7(12(13,14)15)2-3-9(8)16-11(17)20/h2-4,6,18H,5H2,1H3,(H,16,20). The Morgan fingerprint density at radius 3 is 2.55 bits per heavy atom. The van der Waals surface area contributed by atoms with Crippen LogP contribution in [0.25, 0.3) is 10.9 Å². The molecule has 5 nitrogen and oxygen atoms in total. The Morgan fingerprint density at radius 2 is 2.00 bits per heavy atom. The van der Waals surface area contributed by atoms with Gasteiger partial charge in [0, 0.05) is 0 Å². The van der Waals surface area contributed by atoms with Crippen molar-refractivity contribution >= 4 is 10.9 Å². The number of aromatic nitrogens is 2. The summed E-state index contributed by atoms with van der Waals surface area (Å²) in [5.74, 6) is 0. The molecule has 2 aromatic rings. The first-order chi connectivity index (χ1) is 9.20. The van der Waals surface area contributed by atoms with Crippen LogP contribution < -0.4 is 11.2 Å². The topological polar surface area (TPSA) is 75.1 Å². The Labute approximate surface area is 110 Å². The average molecular weight is 288 g/mol. The summed E-state index contributed by atoms with van der Waals surface area (Å²) in [4.78, 5) is 26.0. The summed E-state index contributed by atoms with van der Waals surface area (Å²) in [7, 11) is 0. The molecule has 0 radical (unpaired) electrons. The number of rotatable bonds is 2. The first-order valence-electron chi connectivity index (χ1n) is 5.72. The molecule has 0 aliphatic rings. The van der Waals surface area contributed by atoms with Crippen molar-refractivity contribution in [2.24, 2.45) is 0 Å². The molecule has 0 aliphatic heterocycles. The van der Waals surface area contributed by atoms with E-state index in [1.165, 1.54) is 6.92 Å². The predicted molar refractivity (Wildman–Crippen MR) is 65.5 cm³/mol. The smallest absolute Gasteiger partial charge is 0.392 e. The second kappa shape index (κ2) is 4.78. The highest BCUT2D eigenvalue weighted by atomic mass is 19.4. The molecule has 2 N–H and O–H groups in total. The number of H-pyrrole nitrogens is 1. The van der Waals surface area contributed by atoms with Gasteiger partial charge in [-0.3, -0.25) is 9.36 Å². The minimum absolute atomic E-state index is 0.0230. The maximum atomic E-state index is 12.6. The lowest BCUT2D eigenvalue weighted by Gasteiger charge is -2.10. The number of benzene rings is 1. The molecule has 0 saturated carbocycles. The molecular formula is C12H11F3N2O3. The quantitative estimate of drug-likeness (QED) is 0.868. The number of hydrogen-bond acceptors (Lipinski definition) is 3. The number of alkyl halides is 3. The SMILES string of the molecule is CC(O)Cn1c(=O)[nH]c2ccc(C(F)(F)F)cc2c1=O. The van der Waals surface area contributed by atoms with Crippen LogP contribution in [-0.4, -0.2) is 20.8 Å². The summed E-state index contributed by atoms with van der Waals surface area (Å²) in [5.41, 5.74) is -2.59. The molecule has 0 fully saturated rings. The van der Waals surface area contributed by atoms with E-state index in [4.69, 9.17) is 0 Å². The van der Waals surface area contributed by atoms with Gasteiger partial charge in [0.1, 0.15) is 0 Å². The number of nitrogens with one attached hydrogen (secondary N) is 1. The molecule has 1 heterocycles. The Hall–Kier alpha value is -2.09. The van der Waals surface area contributed by atoms with Crippen molar-refractivity contribution in [1.29, 1.82) is 0 Å². The summed E-state index contributed by atoms with van der Waals surface area (Å²) >= 11 is 0. The maximum absolute atomic E-state index is 12.6. The van der Waals surface area contributed by atoms with Crippen molar-refractivity contribution in [1.82, 2.24) is 9.55 Å². The molecule has 1 aromatic carbocycles. The van der Waals surface area contributed by atoms with Crippen LogP contribution in [0, 0.1) is 0 Å². The number of nitrogens with zero attached hydrogens (tertiary/aromatic N) is 1. The van der Waals surface area contributed by atoms with Gasteiger partial charge in [-0.25, -0.2) is 4.79 Å². The number of aliphatic hydroxyl groups excluding tert-OH is 1. The summed E-state index contributed by atoms with van der Waals surface area (Å²) in [5, 5.41) is 8.97. The second-order valence-electron chi connectivity index (χ2n) is 4.45.